The van der Waals surface area contributed by atoms with E-state index in [2.05, 4.69) is 39.1 Å². The molecule has 116 valence electrons. The molecule has 0 saturated carbocycles. The van der Waals surface area contributed by atoms with E-state index in [0.717, 1.165) is 42.8 Å². The number of piperazine rings is 1. The molecule has 1 N–H and O–H groups in total. The summed E-state index contributed by atoms with van der Waals surface area (Å²) < 4.78 is 6.63. The molecule has 0 aromatic heterocycles. The molecule has 1 atom stereocenters. The highest BCUT2D eigenvalue weighted by Crippen LogP contribution is 2.34. The summed E-state index contributed by atoms with van der Waals surface area (Å²) in [6, 6.07) is 6.71. The molecule has 1 heterocycles. The third-order valence-electron chi connectivity index (χ3n) is 3.53. The SMILES string of the molecule is CC[C@H](c1cc(Br)ccc1OC)N1CCNCC1.Cl.Cl. The lowest BCUT2D eigenvalue weighted by Gasteiger charge is -2.35. The van der Waals surface area contributed by atoms with E-state index < -0.39 is 0 Å². The molecule has 6 heteroatoms. The molecule has 0 spiro atoms. The standard InChI is InChI=1S/C14H21BrN2O.2ClH/c1-3-13(17-8-6-16-7-9-17)12-10-11(15)4-5-14(12)18-2;;/h4-5,10,13,16H,3,6-9H2,1-2H3;2*1H/t13-;;/m1../s1. The number of methoxy groups -OCH3 is 1. The average Bonchev–Trinajstić information content (AvgIpc) is 2.41. The maximum Gasteiger partial charge on any atom is 0.123 e. The van der Waals surface area contributed by atoms with Gasteiger partial charge in [0.2, 0.25) is 0 Å². The number of nitrogens with one attached hydrogen (secondary N) is 1. The van der Waals surface area contributed by atoms with Gasteiger partial charge in [0.05, 0.1) is 7.11 Å². The summed E-state index contributed by atoms with van der Waals surface area (Å²) >= 11 is 3.56. The Bertz CT molecular complexity index is 401. The third kappa shape index (κ3) is 4.78. The van der Waals surface area contributed by atoms with Crippen LogP contribution in [-0.2, 0) is 0 Å². The smallest absolute Gasteiger partial charge is 0.123 e. The number of halogens is 3. The Hall–Kier alpha value is -0.000000000000000111. The molecular weight excluding hydrogens is 363 g/mol. The second-order valence-electron chi connectivity index (χ2n) is 4.60. The van der Waals surface area contributed by atoms with Gasteiger partial charge in [0.15, 0.2) is 0 Å². The maximum atomic E-state index is 5.51. The van der Waals surface area contributed by atoms with Crippen LogP contribution in [0.2, 0.25) is 0 Å². The molecule has 0 bridgehead atoms. The molecule has 0 radical (unpaired) electrons. The molecule has 2 rings (SSSR count). The predicted octanol–water partition coefficient (Wildman–Crippen LogP) is 3.66. The summed E-state index contributed by atoms with van der Waals surface area (Å²) in [6.45, 7) is 6.61. The van der Waals surface area contributed by atoms with Gasteiger partial charge in [-0.25, -0.2) is 0 Å². The van der Waals surface area contributed by atoms with E-state index in [9.17, 15) is 0 Å². The second kappa shape index (κ2) is 9.85. The molecule has 3 nitrogen and oxygen atoms in total. The van der Waals surface area contributed by atoms with Crippen molar-refractivity contribution in [2.75, 3.05) is 33.3 Å². The molecular formula is C14H23BrCl2N2O. The van der Waals surface area contributed by atoms with E-state index in [-0.39, 0.29) is 24.8 Å². The number of rotatable bonds is 4. The van der Waals surface area contributed by atoms with E-state index in [4.69, 9.17) is 4.74 Å². The van der Waals surface area contributed by atoms with Gasteiger partial charge in [-0.2, -0.15) is 0 Å². The topological polar surface area (TPSA) is 24.5 Å². The first-order chi connectivity index (χ1) is 8.76. The summed E-state index contributed by atoms with van der Waals surface area (Å²) in [4.78, 5) is 2.54. The van der Waals surface area contributed by atoms with Gasteiger partial charge >= 0.3 is 0 Å². The highest BCUT2D eigenvalue weighted by Gasteiger charge is 2.23. The normalized spacial score (nSPS) is 16.8. The number of ether oxygens (including phenoxy) is 1. The highest BCUT2D eigenvalue weighted by molar-refractivity contribution is 9.10. The minimum Gasteiger partial charge on any atom is -0.496 e. The lowest BCUT2D eigenvalue weighted by atomic mass is 10.0. The Balaban J connectivity index is 0.00000180. The van der Waals surface area contributed by atoms with E-state index in [0.29, 0.717) is 6.04 Å². The zero-order valence-corrected chi connectivity index (χ0v) is 15.1. The van der Waals surface area contributed by atoms with Crippen molar-refractivity contribution in [2.45, 2.75) is 19.4 Å². The molecule has 1 aliphatic rings. The lowest BCUT2D eigenvalue weighted by Crippen LogP contribution is -2.45. The Labute approximate surface area is 142 Å². The zero-order chi connectivity index (χ0) is 13.0. The van der Waals surface area contributed by atoms with Crippen molar-refractivity contribution in [3.8, 4) is 5.75 Å². The molecule has 20 heavy (non-hydrogen) atoms. The van der Waals surface area contributed by atoms with Crippen molar-refractivity contribution in [3.63, 3.8) is 0 Å². The fraction of sp³-hybridized carbons (Fsp3) is 0.571. The van der Waals surface area contributed by atoms with Crippen LogP contribution in [0.5, 0.6) is 5.75 Å². The van der Waals surface area contributed by atoms with E-state index >= 15 is 0 Å². The van der Waals surface area contributed by atoms with Crippen LogP contribution in [-0.4, -0.2) is 38.2 Å². The van der Waals surface area contributed by atoms with Gasteiger partial charge in [-0.1, -0.05) is 22.9 Å². The molecule has 1 aliphatic heterocycles. The van der Waals surface area contributed by atoms with Crippen LogP contribution in [0.25, 0.3) is 0 Å². The van der Waals surface area contributed by atoms with Crippen molar-refractivity contribution in [1.82, 2.24) is 10.2 Å². The molecule has 0 unspecified atom stereocenters. The first-order valence-corrected chi connectivity index (χ1v) is 7.33. The maximum absolute atomic E-state index is 5.51. The fourth-order valence-corrected chi connectivity index (χ4v) is 3.01. The fourth-order valence-electron chi connectivity index (χ4n) is 2.63. The first kappa shape index (κ1) is 20.0. The summed E-state index contributed by atoms with van der Waals surface area (Å²) in [7, 11) is 1.75. The third-order valence-corrected chi connectivity index (χ3v) is 4.02. The van der Waals surface area contributed by atoms with Crippen molar-refractivity contribution >= 4 is 40.7 Å². The Kier molecular flexibility index (Phi) is 9.85. The largest absolute Gasteiger partial charge is 0.496 e. The second-order valence-corrected chi connectivity index (χ2v) is 5.51. The van der Waals surface area contributed by atoms with Crippen molar-refractivity contribution in [2.24, 2.45) is 0 Å². The highest BCUT2D eigenvalue weighted by atomic mass is 79.9. The van der Waals surface area contributed by atoms with Gasteiger partial charge in [-0.15, -0.1) is 24.8 Å². The number of nitrogens with zero attached hydrogens (tertiary/aromatic N) is 1. The zero-order valence-electron chi connectivity index (χ0n) is 11.9. The summed E-state index contributed by atoms with van der Waals surface area (Å²) in [6.07, 6.45) is 1.10. The number of hydrogen-bond acceptors (Lipinski definition) is 3. The quantitative estimate of drug-likeness (QED) is 0.855. The molecule has 0 aliphatic carbocycles. The van der Waals surface area contributed by atoms with Crippen LogP contribution in [0.3, 0.4) is 0 Å². The van der Waals surface area contributed by atoms with Crippen LogP contribution in [0.4, 0.5) is 0 Å². The summed E-state index contributed by atoms with van der Waals surface area (Å²) in [5.74, 6) is 0.989. The molecule has 1 aromatic rings. The van der Waals surface area contributed by atoms with Gasteiger partial charge < -0.3 is 10.1 Å². The van der Waals surface area contributed by atoms with E-state index in [1.807, 2.05) is 12.1 Å². The Morgan fingerprint density at radius 1 is 1.30 bits per heavy atom. The Morgan fingerprint density at radius 3 is 2.50 bits per heavy atom. The molecule has 0 amide bonds. The number of benzene rings is 1. The predicted molar refractivity (Wildman–Crippen MR) is 92.7 cm³/mol. The van der Waals surface area contributed by atoms with Crippen LogP contribution >= 0.6 is 40.7 Å². The van der Waals surface area contributed by atoms with Gasteiger partial charge in [-0.3, -0.25) is 4.90 Å². The first-order valence-electron chi connectivity index (χ1n) is 6.54. The minimum atomic E-state index is 0. The van der Waals surface area contributed by atoms with Crippen LogP contribution in [0.1, 0.15) is 24.9 Å². The van der Waals surface area contributed by atoms with Crippen molar-refractivity contribution in [1.29, 1.82) is 0 Å². The van der Waals surface area contributed by atoms with E-state index in [1.54, 1.807) is 7.11 Å². The summed E-state index contributed by atoms with van der Waals surface area (Å²) in [5, 5.41) is 3.40. The monoisotopic (exact) mass is 384 g/mol. The van der Waals surface area contributed by atoms with E-state index in [1.165, 1.54) is 5.56 Å². The van der Waals surface area contributed by atoms with Crippen LogP contribution < -0.4 is 10.1 Å². The molecule has 1 fully saturated rings. The minimum absolute atomic E-state index is 0. The average molecular weight is 386 g/mol. The van der Waals surface area contributed by atoms with Crippen molar-refractivity contribution < 1.29 is 4.74 Å². The van der Waals surface area contributed by atoms with Crippen LogP contribution in [0, 0.1) is 0 Å². The van der Waals surface area contributed by atoms with Gasteiger partial charge in [-0.05, 0) is 24.6 Å². The Morgan fingerprint density at radius 2 is 1.95 bits per heavy atom. The number of hydrogen-bond donors (Lipinski definition) is 1. The molecule has 1 aromatic carbocycles. The lowest BCUT2D eigenvalue weighted by molar-refractivity contribution is 0.166. The van der Waals surface area contributed by atoms with Crippen LogP contribution in [0.15, 0.2) is 22.7 Å². The van der Waals surface area contributed by atoms with Gasteiger partial charge in [0.1, 0.15) is 5.75 Å². The van der Waals surface area contributed by atoms with Gasteiger partial charge in [0, 0.05) is 42.3 Å². The summed E-state index contributed by atoms with van der Waals surface area (Å²) in [5.41, 5.74) is 1.29. The molecule has 1 saturated heterocycles. The van der Waals surface area contributed by atoms with Gasteiger partial charge in [0.25, 0.3) is 0 Å². The van der Waals surface area contributed by atoms with Crippen molar-refractivity contribution in [3.05, 3.63) is 28.2 Å².